The molecule has 5 heteroatoms. The molecule has 0 amide bonds. The van der Waals surface area contributed by atoms with Crippen molar-refractivity contribution in [2.24, 2.45) is 0 Å². The van der Waals surface area contributed by atoms with Gasteiger partial charge in [0, 0.05) is 11.4 Å². The highest BCUT2D eigenvalue weighted by Crippen LogP contribution is 2.65. The molecule has 0 N–H and O–H groups in total. The molecule has 0 aliphatic carbocycles. The fourth-order valence-corrected chi connectivity index (χ4v) is 7.84. The van der Waals surface area contributed by atoms with Crippen LogP contribution in [-0.2, 0) is 0 Å². The summed E-state index contributed by atoms with van der Waals surface area (Å²) in [5.41, 5.74) is 9.47. The predicted molar refractivity (Wildman–Crippen MR) is 159 cm³/mol. The zero-order valence-electron chi connectivity index (χ0n) is 22.5. The van der Waals surface area contributed by atoms with Crippen LogP contribution < -0.4 is 14.6 Å². The summed E-state index contributed by atoms with van der Waals surface area (Å²) in [5.74, 6) is 1.68. The number of anilines is 2. The maximum Gasteiger partial charge on any atom is 0.422 e. The molecule has 1 aliphatic heterocycles. The fourth-order valence-electron chi connectivity index (χ4n) is 5.21. The van der Waals surface area contributed by atoms with Gasteiger partial charge in [0.15, 0.2) is 7.58 Å². The predicted octanol–water partition coefficient (Wildman–Crippen LogP) is 9.37. The Morgan fingerprint density at radius 3 is 1.20 bits per heavy atom. The average Bonchev–Trinajstić information content (AvgIpc) is 2.82. The normalized spacial score (nSPS) is 14.6. The zero-order chi connectivity index (χ0) is 25.4. The molecular formula is C30H39BClN2P. The van der Waals surface area contributed by atoms with E-state index < -0.39 is 7.58 Å². The lowest BCUT2D eigenvalue weighted by atomic mass is 9.65. The van der Waals surface area contributed by atoms with Gasteiger partial charge in [0.2, 0.25) is 0 Å². The van der Waals surface area contributed by atoms with E-state index in [4.69, 9.17) is 11.2 Å². The van der Waals surface area contributed by atoms with Crippen LogP contribution in [0.15, 0.2) is 66.7 Å². The molecule has 0 radical (unpaired) electrons. The molecule has 0 saturated carbocycles. The number of halogens is 1. The van der Waals surface area contributed by atoms with Crippen molar-refractivity contribution >= 4 is 42.6 Å². The van der Waals surface area contributed by atoms with Crippen molar-refractivity contribution in [3.05, 3.63) is 89.0 Å². The summed E-state index contributed by atoms with van der Waals surface area (Å²) in [4.78, 5) is 0. The largest absolute Gasteiger partial charge is 0.422 e. The smallest absolute Gasteiger partial charge is 0.341 e. The second-order valence-corrected chi connectivity index (χ2v) is 13.2. The number of benzene rings is 3. The number of para-hydroxylation sites is 2. The van der Waals surface area contributed by atoms with Crippen LogP contribution in [0.2, 0.25) is 0 Å². The monoisotopic (exact) mass is 504 g/mol. The third-order valence-electron chi connectivity index (χ3n) is 7.06. The summed E-state index contributed by atoms with van der Waals surface area (Å²) in [6, 6.07) is 24.5. The molecule has 35 heavy (non-hydrogen) atoms. The lowest BCUT2D eigenvalue weighted by Gasteiger charge is -2.56. The van der Waals surface area contributed by atoms with E-state index in [1.54, 1.807) is 0 Å². The molecular weight excluding hydrogens is 466 g/mol. The first-order valence-electron chi connectivity index (χ1n) is 13.0. The van der Waals surface area contributed by atoms with Crippen LogP contribution in [0.4, 0.5) is 11.4 Å². The minimum Gasteiger partial charge on any atom is -0.341 e. The van der Waals surface area contributed by atoms with Gasteiger partial charge in [0.1, 0.15) is 0 Å². The van der Waals surface area contributed by atoms with Crippen LogP contribution >= 0.6 is 18.8 Å². The minimum atomic E-state index is -1.09. The van der Waals surface area contributed by atoms with E-state index in [9.17, 15) is 0 Å². The topological polar surface area (TPSA) is 6.48 Å². The van der Waals surface area contributed by atoms with Crippen molar-refractivity contribution in [2.75, 3.05) is 9.16 Å². The summed E-state index contributed by atoms with van der Waals surface area (Å²) in [7, 11) is -1.09. The molecule has 1 heterocycles. The van der Waals surface area contributed by atoms with E-state index >= 15 is 0 Å². The average molecular weight is 505 g/mol. The van der Waals surface area contributed by atoms with Crippen molar-refractivity contribution in [2.45, 2.75) is 79.1 Å². The summed E-state index contributed by atoms with van der Waals surface area (Å²) in [5, 5.41) is 0. The first kappa shape index (κ1) is 26.1. The maximum absolute atomic E-state index is 7.52. The molecule has 0 unspecified atom stereocenters. The van der Waals surface area contributed by atoms with Gasteiger partial charge in [-0.2, -0.15) is 0 Å². The summed E-state index contributed by atoms with van der Waals surface area (Å²) < 4.78 is 5.05. The number of nitrogens with zero attached hydrogens (tertiary/aromatic N) is 2. The SMILES string of the molecule is CC(C)c1cccc(C(C)C)c1N1B(c2ccccc2)N(c2c(C(C)C)cccc2C(C)C)P1Cl. The van der Waals surface area contributed by atoms with Gasteiger partial charge < -0.3 is 9.16 Å². The fraction of sp³-hybridized carbons (Fsp3) is 0.400. The molecule has 3 aromatic carbocycles. The Kier molecular flexibility index (Phi) is 7.89. The summed E-state index contributed by atoms with van der Waals surface area (Å²) in [6.07, 6.45) is 0. The molecule has 3 aromatic rings. The van der Waals surface area contributed by atoms with Gasteiger partial charge in [-0.05, 0) is 62.6 Å². The Labute approximate surface area is 219 Å². The number of hydrogen-bond acceptors (Lipinski definition) is 2. The first-order chi connectivity index (χ1) is 16.6. The summed E-state index contributed by atoms with van der Waals surface area (Å²) >= 11 is 7.52. The molecule has 184 valence electrons. The molecule has 0 spiro atoms. The minimum absolute atomic E-state index is 0.0645. The van der Waals surface area contributed by atoms with Crippen molar-refractivity contribution in [1.82, 2.24) is 0 Å². The van der Waals surface area contributed by atoms with E-state index in [1.807, 2.05) is 0 Å². The van der Waals surface area contributed by atoms with Crippen LogP contribution in [0.3, 0.4) is 0 Å². The van der Waals surface area contributed by atoms with Gasteiger partial charge in [-0.25, -0.2) is 0 Å². The van der Waals surface area contributed by atoms with Crippen LogP contribution in [0, 0.1) is 0 Å². The highest BCUT2D eigenvalue weighted by molar-refractivity contribution is 7.93. The van der Waals surface area contributed by atoms with E-state index in [-0.39, 0.29) is 6.98 Å². The lowest BCUT2D eigenvalue weighted by molar-refractivity contribution is 0.831. The van der Waals surface area contributed by atoms with E-state index in [1.165, 1.54) is 39.1 Å². The highest BCUT2D eigenvalue weighted by Gasteiger charge is 2.54. The van der Waals surface area contributed by atoms with Gasteiger partial charge in [0.05, 0.1) is 0 Å². The van der Waals surface area contributed by atoms with Crippen LogP contribution in [-0.4, -0.2) is 6.98 Å². The first-order valence-corrected chi connectivity index (χ1v) is 15.1. The van der Waals surface area contributed by atoms with Gasteiger partial charge >= 0.3 is 6.98 Å². The second kappa shape index (κ2) is 10.6. The third-order valence-corrected chi connectivity index (χ3v) is 9.59. The third kappa shape index (κ3) is 4.75. The molecule has 1 fully saturated rings. The Bertz CT molecular complexity index is 1040. The Hall–Kier alpha value is -1.96. The Morgan fingerprint density at radius 1 is 0.543 bits per heavy atom. The number of hydrogen-bond donors (Lipinski definition) is 0. The molecule has 1 saturated heterocycles. The van der Waals surface area contributed by atoms with E-state index in [2.05, 4.69) is 131 Å². The number of rotatable bonds is 7. The summed E-state index contributed by atoms with van der Waals surface area (Å²) in [6.45, 7) is 18.4. The van der Waals surface area contributed by atoms with Crippen molar-refractivity contribution in [3.8, 4) is 0 Å². The second-order valence-electron chi connectivity index (χ2n) is 10.9. The van der Waals surface area contributed by atoms with Crippen LogP contribution in [0.5, 0.6) is 0 Å². The van der Waals surface area contributed by atoms with Gasteiger partial charge in [-0.15, -0.1) is 0 Å². The van der Waals surface area contributed by atoms with Gasteiger partial charge in [0.25, 0.3) is 0 Å². The lowest BCUT2D eigenvalue weighted by Crippen LogP contribution is -2.67. The standard InChI is InChI=1S/C30H39BClN2P/c1-20(2)25-16-12-17-26(21(3)4)29(25)33-31(24-14-10-9-11-15-24)34(35(33)32)30-27(22(5)6)18-13-19-28(30)23(7)8/h9-23H,1-8H3. The quantitative estimate of drug-likeness (QED) is 0.233. The van der Waals surface area contributed by atoms with Crippen LogP contribution in [0.1, 0.15) is 101 Å². The van der Waals surface area contributed by atoms with Gasteiger partial charge in [-0.3, -0.25) is 0 Å². The molecule has 1 aliphatic rings. The van der Waals surface area contributed by atoms with Crippen molar-refractivity contribution in [1.29, 1.82) is 0 Å². The van der Waals surface area contributed by atoms with Crippen molar-refractivity contribution in [3.63, 3.8) is 0 Å². The zero-order valence-corrected chi connectivity index (χ0v) is 24.1. The molecule has 0 atom stereocenters. The Morgan fingerprint density at radius 2 is 0.886 bits per heavy atom. The maximum atomic E-state index is 7.52. The highest BCUT2D eigenvalue weighted by atomic mass is 35.7. The van der Waals surface area contributed by atoms with Gasteiger partial charge in [-0.1, -0.05) is 122 Å². The molecule has 4 rings (SSSR count). The van der Waals surface area contributed by atoms with E-state index in [0.717, 1.165) is 0 Å². The van der Waals surface area contributed by atoms with E-state index in [0.29, 0.717) is 23.7 Å². The van der Waals surface area contributed by atoms with Crippen LogP contribution in [0.25, 0.3) is 0 Å². The molecule has 0 bridgehead atoms. The molecule has 0 aromatic heterocycles. The molecule has 2 nitrogen and oxygen atoms in total. The van der Waals surface area contributed by atoms with Crippen molar-refractivity contribution < 1.29 is 0 Å². The Balaban J connectivity index is 1.97.